The van der Waals surface area contributed by atoms with Gasteiger partial charge in [-0.3, -0.25) is 4.79 Å². The van der Waals surface area contributed by atoms with Gasteiger partial charge in [0.2, 0.25) is 15.9 Å². The zero-order valence-electron chi connectivity index (χ0n) is 15.0. The molecule has 0 heterocycles. The highest BCUT2D eigenvalue weighted by atomic mass is 32.2. The standard InChI is InChI=1S/C20H20N2O4S/c1-22(27(24,25)19-11-9-18(26-2)10-12-19)14-20(23)21-17-8-7-15-5-3-4-6-16(15)13-17/h3-13H,14H2,1-2H3,(H,21,23). The molecule has 0 fully saturated rings. The number of fused-ring (bicyclic) bond motifs is 1. The molecular weight excluding hydrogens is 364 g/mol. The average Bonchev–Trinajstić information content (AvgIpc) is 2.67. The van der Waals surface area contributed by atoms with Gasteiger partial charge in [0.1, 0.15) is 5.75 Å². The number of sulfonamides is 1. The van der Waals surface area contributed by atoms with Crippen LogP contribution in [0.4, 0.5) is 5.69 Å². The Labute approximate surface area is 158 Å². The third-order valence-electron chi connectivity index (χ3n) is 4.17. The van der Waals surface area contributed by atoms with Crippen molar-refractivity contribution in [2.24, 2.45) is 0 Å². The maximum absolute atomic E-state index is 12.6. The van der Waals surface area contributed by atoms with Crippen LogP contribution in [-0.4, -0.2) is 39.3 Å². The van der Waals surface area contributed by atoms with Crippen molar-refractivity contribution in [3.63, 3.8) is 0 Å². The summed E-state index contributed by atoms with van der Waals surface area (Å²) in [7, 11) is -0.888. The number of nitrogens with one attached hydrogen (secondary N) is 1. The number of ether oxygens (including phenoxy) is 1. The van der Waals surface area contributed by atoms with Crippen LogP contribution in [0.1, 0.15) is 0 Å². The van der Waals surface area contributed by atoms with Gasteiger partial charge in [-0.05, 0) is 47.2 Å². The molecule has 3 aromatic rings. The van der Waals surface area contributed by atoms with Crippen molar-refractivity contribution in [3.05, 3.63) is 66.7 Å². The molecule has 0 aliphatic rings. The molecule has 0 radical (unpaired) electrons. The molecule has 1 N–H and O–H groups in total. The van der Waals surface area contributed by atoms with Gasteiger partial charge in [0.15, 0.2) is 0 Å². The fourth-order valence-electron chi connectivity index (χ4n) is 2.68. The van der Waals surface area contributed by atoms with E-state index in [4.69, 9.17) is 4.74 Å². The number of rotatable bonds is 6. The SMILES string of the molecule is COc1ccc(S(=O)(=O)N(C)CC(=O)Nc2ccc3ccccc3c2)cc1. The van der Waals surface area contributed by atoms with Crippen molar-refractivity contribution >= 4 is 32.4 Å². The Morgan fingerprint density at radius 1 is 1.00 bits per heavy atom. The second-order valence-electron chi connectivity index (χ2n) is 6.05. The van der Waals surface area contributed by atoms with Crippen LogP contribution in [0.25, 0.3) is 10.8 Å². The van der Waals surface area contributed by atoms with Crippen LogP contribution < -0.4 is 10.1 Å². The second-order valence-corrected chi connectivity index (χ2v) is 8.09. The molecule has 0 aromatic heterocycles. The van der Waals surface area contributed by atoms with Gasteiger partial charge >= 0.3 is 0 Å². The molecule has 27 heavy (non-hydrogen) atoms. The average molecular weight is 384 g/mol. The Morgan fingerprint density at radius 3 is 2.33 bits per heavy atom. The minimum Gasteiger partial charge on any atom is -0.497 e. The number of carbonyl (C=O) groups is 1. The van der Waals surface area contributed by atoms with Crippen LogP contribution in [-0.2, 0) is 14.8 Å². The van der Waals surface area contributed by atoms with Crippen molar-refractivity contribution in [2.45, 2.75) is 4.90 Å². The number of carbonyl (C=O) groups excluding carboxylic acids is 1. The minimum absolute atomic E-state index is 0.101. The first-order chi connectivity index (χ1) is 12.9. The predicted molar refractivity (Wildman–Crippen MR) is 105 cm³/mol. The highest BCUT2D eigenvalue weighted by molar-refractivity contribution is 7.89. The Bertz CT molecular complexity index is 1060. The Hall–Kier alpha value is -2.90. The van der Waals surface area contributed by atoms with Crippen LogP contribution in [0.2, 0.25) is 0 Å². The number of likely N-dealkylation sites (N-methyl/N-ethyl adjacent to an activating group) is 1. The van der Waals surface area contributed by atoms with Crippen LogP contribution in [0, 0.1) is 0 Å². The predicted octanol–water partition coefficient (Wildman–Crippen LogP) is 3.11. The molecule has 0 aliphatic heterocycles. The second kappa shape index (κ2) is 7.77. The molecule has 0 spiro atoms. The van der Waals surface area contributed by atoms with Crippen LogP contribution in [0.15, 0.2) is 71.6 Å². The van der Waals surface area contributed by atoms with Gasteiger partial charge in [0, 0.05) is 12.7 Å². The normalized spacial score (nSPS) is 11.5. The van der Waals surface area contributed by atoms with Crippen molar-refractivity contribution in [1.82, 2.24) is 4.31 Å². The summed E-state index contributed by atoms with van der Waals surface area (Å²) in [5.74, 6) is 0.149. The highest BCUT2D eigenvalue weighted by Gasteiger charge is 2.23. The lowest BCUT2D eigenvalue weighted by Crippen LogP contribution is -2.34. The smallest absolute Gasteiger partial charge is 0.243 e. The summed E-state index contributed by atoms with van der Waals surface area (Å²) in [6.45, 7) is -0.290. The van der Waals surface area contributed by atoms with E-state index < -0.39 is 15.9 Å². The maximum atomic E-state index is 12.6. The summed E-state index contributed by atoms with van der Waals surface area (Å²) < 4.78 is 31.2. The van der Waals surface area contributed by atoms with Crippen LogP contribution >= 0.6 is 0 Å². The largest absolute Gasteiger partial charge is 0.497 e. The number of anilines is 1. The van der Waals surface area contributed by atoms with Gasteiger partial charge in [-0.1, -0.05) is 30.3 Å². The quantitative estimate of drug-likeness (QED) is 0.709. The number of nitrogens with zero attached hydrogens (tertiary/aromatic N) is 1. The summed E-state index contributed by atoms with van der Waals surface area (Å²) in [6.07, 6.45) is 0. The van der Waals surface area contributed by atoms with E-state index in [1.54, 1.807) is 18.2 Å². The van der Waals surface area contributed by atoms with E-state index in [2.05, 4.69) is 5.32 Å². The Balaban J connectivity index is 1.69. The van der Waals surface area contributed by atoms with Gasteiger partial charge in [-0.2, -0.15) is 4.31 Å². The zero-order chi connectivity index (χ0) is 19.4. The first-order valence-electron chi connectivity index (χ1n) is 8.29. The lowest BCUT2D eigenvalue weighted by molar-refractivity contribution is -0.116. The van der Waals surface area contributed by atoms with Gasteiger partial charge in [-0.25, -0.2) is 8.42 Å². The van der Waals surface area contributed by atoms with Gasteiger partial charge in [-0.15, -0.1) is 0 Å². The van der Waals surface area contributed by atoms with E-state index in [-0.39, 0.29) is 11.4 Å². The molecule has 140 valence electrons. The van der Waals surface area contributed by atoms with Crippen molar-refractivity contribution in [2.75, 3.05) is 26.0 Å². The van der Waals surface area contributed by atoms with Crippen molar-refractivity contribution in [3.8, 4) is 5.75 Å². The first-order valence-corrected chi connectivity index (χ1v) is 9.73. The van der Waals surface area contributed by atoms with Gasteiger partial charge in [0.05, 0.1) is 18.6 Å². The van der Waals surface area contributed by atoms with E-state index in [1.807, 2.05) is 36.4 Å². The summed E-state index contributed by atoms with van der Waals surface area (Å²) in [4.78, 5) is 12.4. The van der Waals surface area contributed by atoms with E-state index in [1.165, 1.54) is 26.3 Å². The molecule has 6 nitrogen and oxygen atoms in total. The van der Waals surface area contributed by atoms with E-state index in [0.29, 0.717) is 11.4 Å². The highest BCUT2D eigenvalue weighted by Crippen LogP contribution is 2.20. The molecule has 3 aromatic carbocycles. The lowest BCUT2D eigenvalue weighted by atomic mass is 10.1. The van der Waals surface area contributed by atoms with Gasteiger partial charge in [0.25, 0.3) is 0 Å². The van der Waals surface area contributed by atoms with Gasteiger partial charge < -0.3 is 10.1 Å². The summed E-state index contributed by atoms with van der Waals surface area (Å²) in [6, 6.07) is 19.4. The van der Waals surface area contributed by atoms with Crippen molar-refractivity contribution in [1.29, 1.82) is 0 Å². The molecule has 0 bridgehead atoms. The maximum Gasteiger partial charge on any atom is 0.243 e. The zero-order valence-corrected chi connectivity index (χ0v) is 15.9. The molecule has 0 saturated heterocycles. The molecule has 0 atom stereocenters. The molecule has 1 amide bonds. The van der Waals surface area contributed by atoms with Crippen LogP contribution in [0.3, 0.4) is 0 Å². The molecule has 7 heteroatoms. The van der Waals surface area contributed by atoms with Crippen LogP contribution in [0.5, 0.6) is 5.75 Å². The fraction of sp³-hybridized carbons (Fsp3) is 0.150. The number of hydrogen-bond donors (Lipinski definition) is 1. The Kier molecular flexibility index (Phi) is 5.43. The monoisotopic (exact) mass is 384 g/mol. The molecule has 0 saturated carbocycles. The first kappa shape index (κ1) is 18.9. The minimum atomic E-state index is -3.77. The van der Waals surface area contributed by atoms with E-state index >= 15 is 0 Å². The number of amides is 1. The lowest BCUT2D eigenvalue weighted by Gasteiger charge is -2.17. The fourth-order valence-corrected chi connectivity index (χ4v) is 3.81. The van der Waals surface area contributed by atoms with E-state index in [0.717, 1.165) is 15.1 Å². The topological polar surface area (TPSA) is 75.7 Å². The number of benzene rings is 3. The third-order valence-corrected chi connectivity index (χ3v) is 5.98. The number of methoxy groups -OCH3 is 1. The summed E-state index contributed by atoms with van der Waals surface area (Å²) in [5.41, 5.74) is 0.619. The third kappa shape index (κ3) is 4.27. The van der Waals surface area contributed by atoms with E-state index in [9.17, 15) is 13.2 Å². The summed E-state index contributed by atoms with van der Waals surface area (Å²) >= 11 is 0. The molecule has 3 rings (SSSR count). The summed E-state index contributed by atoms with van der Waals surface area (Å²) in [5, 5.41) is 4.80. The van der Waals surface area contributed by atoms with Crippen molar-refractivity contribution < 1.29 is 17.9 Å². The number of hydrogen-bond acceptors (Lipinski definition) is 4. The molecular formula is C20H20N2O4S. The molecule has 0 unspecified atom stereocenters. The Morgan fingerprint density at radius 2 is 1.67 bits per heavy atom. The molecule has 0 aliphatic carbocycles.